The number of benzene rings is 1. The zero-order valence-electron chi connectivity index (χ0n) is 7.18. The highest BCUT2D eigenvalue weighted by Gasteiger charge is 2.11. The van der Waals surface area contributed by atoms with Gasteiger partial charge < -0.3 is 0 Å². The minimum atomic E-state index is 0.317. The highest BCUT2D eigenvalue weighted by molar-refractivity contribution is 7.80. The quantitative estimate of drug-likeness (QED) is 0.505. The average molecular weight is 186 g/mol. The Morgan fingerprint density at radius 1 is 1.00 bits per heavy atom. The van der Waals surface area contributed by atoms with Crippen LogP contribution in [-0.4, -0.2) is 4.86 Å². The van der Waals surface area contributed by atoms with E-state index >= 15 is 0 Å². The molecule has 1 aliphatic rings. The molecule has 0 saturated heterocycles. The summed E-state index contributed by atoms with van der Waals surface area (Å²) in [5.74, 6) is 0.317. The van der Waals surface area contributed by atoms with E-state index in [0.717, 1.165) is 10.4 Å². The molecule has 2 rings (SSSR count). The van der Waals surface area contributed by atoms with E-state index in [1.807, 2.05) is 30.4 Å². The van der Waals surface area contributed by atoms with Crippen LogP contribution in [0.15, 0.2) is 54.6 Å². The number of hydrogen-bond donors (Lipinski definition) is 0. The van der Waals surface area contributed by atoms with Gasteiger partial charge in [0.25, 0.3) is 0 Å². The van der Waals surface area contributed by atoms with E-state index in [-0.39, 0.29) is 0 Å². The third-order valence-corrected chi connectivity index (χ3v) is 2.62. The van der Waals surface area contributed by atoms with Crippen LogP contribution in [0.1, 0.15) is 5.56 Å². The fourth-order valence-electron chi connectivity index (χ4n) is 1.40. The molecule has 0 saturated carbocycles. The molecular weight excluding hydrogens is 176 g/mol. The van der Waals surface area contributed by atoms with Crippen molar-refractivity contribution in [3.63, 3.8) is 0 Å². The molecule has 0 atom stereocenters. The summed E-state index contributed by atoms with van der Waals surface area (Å²) in [5.41, 5.74) is 1.15. The van der Waals surface area contributed by atoms with Gasteiger partial charge in [0, 0.05) is 10.8 Å². The van der Waals surface area contributed by atoms with Crippen molar-refractivity contribution in [3.8, 4) is 0 Å². The molecule has 0 aliphatic heterocycles. The Balaban J connectivity index is 2.23. The number of thiocarbonyl (C=S) groups is 1. The molecule has 0 bridgehead atoms. The molecule has 0 unspecified atom stereocenters. The van der Waals surface area contributed by atoms with Crippen LogP contribution in [0.25, 0.3) is 0 Å². The molecule has 0 nitrogen and oxygen atoms in total. The van der Waals surface area contributed by atoms with Gasteiger partial charge in [-0.15, -0.1) is 0 Å². The van der Waals surface area contributed by atoms with Gasteiger partial charge in [0.1, 0.15) is 0 Å². The van der Waals surface area contributed by atoms with E-state index in [1.54, 1.807) is 0 Å². The summed E-state index contributed by atoms with van der Waals surface area (Å²) < 4.78 is 0. The molecule has 64 valence electrons. The summed E-state index contributed by atoms with van der Waals surface area (Å²) in [6.45, 7) is 0. The van der Waals surface area contributed by atoms with E-state index in [1.165, 1.54) is 0 Å². The molecule has 0 fully saturated rings. The summed E-state index contributed by atoms with van der Waals surface area (Å²) in [6, 6.07) is 10.2. The smallest absolute Gasteiger partial charge is 0.0331 e. The van der Waals surface area contributed by atoms with Gasteiger partial charge in [0.2, 0.25) is 0 Å². The molecule has 1 aromatic carbocycles. The first-order chi connectivity index (χ1) is 6.38. The molecule has 1 aliphatic carbocycles. The predicted molar refractivity (Wildman–Crippen MR) is 59.9 cm³/mol. The average Bonchev–Trinajstić information content (AvgIpc) is 2.71. The van der Waals surface area contributed by atoms with Crippen LogP contribution in [0.5, 0.6) is 0 Å². The standard InChI is InChI=1S/C12H10S/c13-12(11-8-4-5-9-11)10-6-2-1-3-7-10/h1-9,11H. The molecule has 0 heterocycles. The lowest BCUT2D eigenvalue weighted by Gasteiger charge is -2.07. The van der Waals surface area contributed by atoms with Crippen LogP contribution in [0.3, 0.4) is 0 Å². The summed E-state index contributed by atoms with van der Waals surface area (Å²) in [4.78, 5) is 1.01. The predicted octanol–water partition coefficient (Wildman–Crippen LogP) is 3.15. The first-order valence-corrected chi connectivity index (χ1v) is 4.73. The van der Waals surface area contributed by atoms with Crippen molar-refractivity contribution in [1.82, 2.24) is 0 Å². The second kappa shape index (κ2) is 3.67. The maximum absolute atomic E-state index is 5.38. The normalized spacial score (nSPS) is 15.1. The molecule has 0 aromatic heterocycles. The molecule has 0 radical (unpaired) electrons. The van der Waals surface area contributed by atoms with Gasteiger partial charge in [-0.3, -0.25) is 0 Å². The van der Waals surface area contributed by atoms with Gasteiger partial charge >= 0.3 is 0 Å². The highest BCUT2D eigenvalue weighted by atomic mass is 32.1. The number of hydrogen-bond acceptors (Lipinski definition) is 1. The van der Waals surface area contributed by atoms with Crippen LogP contribution in [0, 0.1) is 5.92 Å². The zero-order chi connectivity index (χ0) is 9.10. The van der Waals surface area contributed by atoms with Crippen molar-refractivity contribution in [3.05, 3.63) is 60.2 Å². The monoisotopic (exact) mass is 186 g/mol. The Morgan fingerprint density at radius 3 is 2.23 bits per heavy atom. The third-order valence-electron chi connectivity index (χ3n) is 2.11. The fourth-order valence-corrected chi connectivity index (χ4v) is 1.69. The second-order valence-electron chi connectivity index (χ2n) is 3.03. The third kappa shape index (κ3) is 1.76. The fraction of sp³-hybridized carbons (Fsp3) is 0.0833. The molecule has 1 aromatic rings. The first kappa shape index (κ1) is 8.39. The summed E-state index contributed by atoms with van der Waals surface area (Å²) in [5, 5.41) is 0. The van der Waals surface area contributed by atoms with Crippen LogP contribution < -0.4 is 0 Å². The molecule has 0 spiro atoms. The van der Waals surface area contributed by atoms with Gasteiger partial charge in [-0.2, -0.15) is 0 Å². The molecule has 1 heteroatoms. The van der Waals surface area contributed by atoms with Crippen LogP contribution in [0.2, 0.25) is 0 Å². The molecule has 13 heavy (non-hydrogen) atoms. The van der Waals surface area contributed by atoms with E-state index in [2.05, 4.69) is 24.3 Å². The molecule has 0 N–H and O–H groups in total. The Morgan fingerprint density at radius 2 is 1.62 bits per heavy atom. The minimum Gasteiger partial charge on any atom is -0.0833 e. The van der Waals surface area contributed by atoms with Gasteiger partial charge in [0.05, 0.1) is 0 Å². The van der Waals surface area contributed by atoms with Crippen molar-refractivity contribution in [2.45, 2.75) is 0 Å². The maximum atomic E-state index is 5.38. The SMILES string of the molecule is S=C(c1ccccc1)C1C=CC=C1. The van der Waals surface area contributed by atoms with E-state index in [4.69, 9.17) is 12.2 Å². The minimum absolute atomic E-state index is 0.317. The van der Waals surface area contributed by atoms with Crippen molar-refractivity contribution in [2.24, 2.45) is 5.92 Å². The van der Waals surface area contributed by atoms with Gasteiger partial charge in [-0.05, 0) is 5.56 Å². The molecule has 0 amide bonds. The van der Waals surface area contributed by atoms with Gasteiger partial charge in [-0.25, -0.2) is 0 Å². The van der Waals surface area contributed by atoms with Gasteiger partial charge in [0.15, 0.2) is 0 Å². The van der Waals surface area contributed by atoms with E-state index in [9.17, 15) is 0 Å². The maximum Gasteiger partial charge on any atom is 0.0331 e. The summed E-state index contributed by atoms with van der Waals surface area (Å²) in [6.07, 6.45) is 8.32. The van der Waals surface area contributed by atoms with Crippen LogP contribution >= 0.6 is 12.2 Å². The lowest BCUT2D eigenvalue weighted by atomic mass is 10.0. The first-order valence-electron chi connectivity index (χ1n) is 4.32. The van der Waals surface area contributed by atoms with Crippen molar-refractivity contribution >= 4 is 17.1 Å². The van der Waals surface area contributed by atoms with Gasteiger partial charge in [-0.1, -0.05) is 66.9 Å². The van der Waals surface area contributed by atoms with Crippen molar-refractivity contribution in [1.29, 1.82) is 0 Å². The Labute approximate surface area is 83.6 Å². The largest absolute Gasteiger partial charge is 0.0833 e. The Kier molecular flexibility index (Phi) is 2.37. The number of allylic oxidation sites excluding steroid dienone is 4. The van der Waals surface area contributed by atoms with Crippen molar-refractivity contribution < 1.29 is 0 Å². The lowest BCUT2D eigenvalue weighted by Crippen LogP contribution is -2.06. The Bertz CT molecular complexity index is 348. The van der Waals surface area contributed by atoms with E-state index < -0.39 is 0 Å². The number of rotatable bonds is 2. The summed E-state index contributed by atoms with van der Waals surface area (Å²) in [7, 11) is 0. The Hall–Kier alpha value is -1.21. The topological polar surface area (TPSA) is 0 Å². The zero-order valence-corrected chi connectivity index (χ0v) is 8.00. The lowest BCUT2D eigenvalue weighted by molar-refractivity contribution is 1.19. The molecular formula is C12H10S. The van der Waals surface area contributed by atoms with Crippen LogP contribution in [-0.2, 0) is 0 Å². The second-order valence-corrected chi connectivity index (χ2v) is 3.47. The van der Waals surface area contributed by atoms with Crippen molar-refractivity contribution in [2.75, 3.05) is 0 Å². The summed E-state index contributed by atoms with van der Waals surface area (Å²) >= 11 is 5.38. The van der Waals surface area contributed by atoms with Crippen LogP contribution in [0.4, 0.5) is 0 Å². The highest BCUT2D eigenvalue weighted by Crippen LogP contribution is 2.16. The van der Waals surface area contributed by atoms with E-state index in [0.29, 0.717) is 5.92 Å².